The molecule has 0 unspecified atom stereocenters. The van der Waals surface area contributed by atoms with Gasteiger partial charge in [-0.2, -0.15) is 0 Å². The largest absolute Gasteiger partial charge is 0.397 e. The number of nitrogen functional groups attached to an aromatic ring is 1. The van der Waals surface area contributed by atoms with E-state index in [0.717, 1.165) is 16.4 Å². The van der Waals surface area contributed by atoms with Gasteiger partial charge in [-0.05, 0) is 43.8 Å². The van der Waals surface area contributed by atoms with Crippen molar-refractivity contribution in [1.29, 1.82) is 0 Å². The molecule has 4 nitrogen and oxygen atoms in total. The van der Waals surface area contributed by atoms with Crippen molar-refractivity contribution in [1.82, 2.24) is 15.0 Å². The number of hydrogen-bond donors (Lipinski definition) is 1. The zero-order chi connectivity index (χ0) is 11.5. The first-order chi connectivity index (χ1) is 7.65. The predicted molar refractivity (Wildman–Crippen MR) is 64.3 cm³/mol. The van der Waals surface area contributed by atoms with Crippen molar-refractivity contribution in [3.63, 3.8) is 0 Å². The van der Waals surface area contributed by atoms with Crippen molar-refractivity contribution < 1.29 is 0 Å². The van der Waals surface area contributed by atoms with E-state index in [1.807, 2.05) is 32.0 Å². The standard InChI is InChI=1S/C11H12N4S/c1-7-5-6-13-11(14-7)16-10-4-3-9(12)8(2)15-10/h3-6H,12H2,1-2H3. The third kappa shape index (κ3) is 2.49. The molecule has 2 heterocycles. The minimum atomic E-state index is 0.703. The lowest BCUT2D eigenvalue weighted by Gasteiger charge is -2.03. The van der Waals surface area contributed by atoms with E-state index in [1.54, 1.807) is 6.20 Å². The van der Waals surface area contributed by atoms with Crippen LogP contribution < -0.4 is 5.73 Å². The molecule has 0 aromatic carbocycles. The van der Waals surface area contributed by atoms with Crippen LogP contribution in [0.25, 0.3) is 0 Å². The van der Waals surface area contributed by atoms with Crippen molar-refractivity contribution in [2.45, 2.75) is 24.0 Å². The molecular weight excluding hydrogens is 220 g/mol. The highest BCUT2D eigenvalue weighted by Crippen LogP contribution is 2.23. The van der Waals surface area contributed by atoms with Crippen LogP contribution in [-0.2, 0) is 0 Å². The molecule has 0 bridgehead atoms. The molecule has 0 aliphatic rings. The lowest BCUT2D eigenvalue weighted by molar-refractivity contribution is 0.926. The summed E-state index contributed by atoms with van der Waals surface area (Å²) in [6, 6.07) is 5.59. The first-order valence-electron chi connectivity index (χ1n) is 4.86. The molecule has 2 aromatic heterocycles. The van der Waals surface area contributed by atoms with E-state index in [1.165, 1.54) is 11.8 Å². The van der Waals surface area contributed by atoms with Gasteiger partial charge in [-0.15, -0.1) is 0 Å². The van der Waals surface area contributed by atoms with E-state index in [-0.39, 0.29) is 0 Å². The Bertz CT molecular complexity index is 513. The van der Waals surface area contributed by atoms with Crippen LogP contribution in [0.15, 0.2) is 34.6 Å². The summed E-state index contributed by atoms with van der Waals surface area (Å²) in [5.74, 6) is 0. The molecule has 2 N–H and O–H groups in total. The zero-order valence-electron chi connectivity index (χ0n) is 9.14. The molecule has 0 fully saturated rings. The van der Waals surface area contributed by atoms with E-state index in [4.69, 9.17) is 5.73 Å². The summed E-state index contributed by atoms with van der Waals surface area (Å²) in [7, 11) is 0. The fourth-order valence-electron chi connectivity index (χ4n) is 1.17. The smallest absolute Gasteiger partial charge is 0.194 e. The lowest BCUT2D eigenvalue weighted by atomic mass is 10.3. The highest BCUT2D eigenvalue weighted by molar-refractivity contribution is 7.99. The van der Waals surface area contributed by atoms with Crippen LogP contribution in [-0.4, -0.2) is 15.0 Å². The van der Waals surface area contributed by atoms with Crippen molar-refractivity contribution in [2.75, 3.05) is 5.73 Å². The van der Waals surface area contributed by atoms with Gasteiger partial charge in [0, 0.05) is 11.9 Å². The van der Waals surface area contributed by atoms with Crippen LogP contribution in [0.5, 0.6) is 0 Å². The van der Waals surface area contributed by atoms with Gasteiger partial charge in [-0.25, -0.2) is 15.0 Å². The van der Waals surface area contributed by atoms with Gasteiger partial charge in [0.2, 0.25) is 0 Å². The number of pyridine rings is 1. The molecule has 0 atom stereocenters. The molecule has 0 aliphatic heterocycles. The Morgan fingerprint density at radius 2 is 1.94 bits per heavy atom. The van der Waals surface area contributed by atoms with Crippen LogP contribution in [0.4, 0.5) is 5.69 Å². The Hall–Kier alpha value is -1.62. The van der Waals surface area contributed by atoms with Crippen LogP contribution in [0.1, 0.15) is 11.4 Å². The quantitative estimate of drug-likeness (QED) is 0.804. The van der Waals surface area contributed by atoms with Gasteiger partial charge < -0.3 is 5.73 Å². The van der Waals surface area contributed by atoms with Crippen molar-refractivity contribution in [3.05, 3.63) is 35.8 Å². The van der Waals surface area contributed by atoms with Crippen molar-refractivity contribution in [3.8, 4) is 0 Å². The van der Waals surface area contributed by atoms with E-state index in [0.29, 0.717) is 10.8 Å². The van der Waals surface area contributed by atoms with E-state index in [9.17, 15) is 0 Å². The van der Waals surface area contributed by atoms with Gasteiger partial charge >= 0.3 is 0 Å². The monoisotopic (exact) mass is 232 g/mol. The van der Waals surface area contributed by atoms with Crippen LogP contribution >= 0.6 is 11.8 Å². The second kappa shape index (κ2) is 4.49. The normalized spacial score (nSPS) is 10.4. The lowest BCUT2D eigenvalue weighted by Crippen LogP contribution is -1.94. The van der Waals surface area contributed by atoms with Crippen molar-refractivity contribution >= 4 is 17.4 Å². The molecule has 0 amide bonds. The number of rotatable bonds is 2. The Labute approximate surface area is 98.3 Å². The topological polar surface area (TPSA) is 64.7 Å². The molecule has 0 spiro atoms. The first-order valence-corrected chi connectivity index (χ1v) is 5.67. The molecule has 2 rings (SSSR count). The molecule has 16 heavy (non-hydrogen) atoms. The molecule has 5 heteroatoms. The first kappa shape index (κ1) is 10.9. The number of hydrogen-bond acceptors (Lipinski definition) is 5. The molecule has 0 saturated heterocycles. The van der Waals surface area contributed by atoms with Gasteiger partial charge in [0.25, 0.3) is 0 Å². The third-order valence-corrected chi connectivity index (χ3v) is 2.89. The summed E-state index contributed by atoms with van der Waals surface area (Å²) < 4.78 is 0. The minimum absolute atomic E-state index is 0.703. The molecule has 0 radical (unpaired) electrons. The average Bonchev–Trinajstić information content (AvgIpc) is 2.24. The van der Waals surface area contributed by atoms with Gasteiger partial charge in [0.15, 0.2) is 5.16 Å². The van der Waals surface area contributed by atoms with E-state index in [2.05, 4.69) is 15.0 Å². The Morgan fingerprint density at radius 1 is 1.12 bits per heavy atom. The maximum atomic E-state index is 5.70. The number of aromatic nitrogens is 3. The highest BCUT2D eigenvalue weighted by atomic mass is 32.2. The fraction of sp³-hybridized carbons (Fsp3) is 0.182. The summed E-state index contributed by atoms with van der Waals surface area (Å²) in [5.41, 5.74) is 8.19. The number of nitrogens with two attached hydrogens (primary N) is 1. The summed E-state index contributed by atoms with van der Waals surface area (Å²) in [4.78, 5) is 12.8. The summed E-state index contributed by atoms with van der Waals surface area (Å²) in [5, 5.41) is 1.56. The van der Waals surface area contributed by atoms with Crippen LogP contribution in [0.2, 0.25) is 0 Å². The Balaban J connectivity index is 2.24. The SMILES string of the molecule is Cc1ccnc(Sc2ccc(N)c(C)n2)n1. The number of aryl methyl sites for hydroxylation is 2. The summed E-state index contributed by atoms with van der Waals surface area (Å²) in [6.45, 7) is 3.82. The van der Waals surface area contributed by atoms with E-state index >= 15 is 0 Å². The second-order valence-corrected chi connectivity index (χ2v) is 4.39. The Kier molecular flexibility index (Phi) is 3.05. The maximum Gasteiger partial charge on any atom is 0.194 e. The number of nitrogens with zero attached hydrogens (tertiary/aromatic N) is 3. The highest BCUT2D eigenvalue weighted by Gasteiger charge is 2.03. The fourth-order valence-corrected chi connectivity index (χ4v) is 1.98. The van der Waals surface area contributed by atoms with Crippen molar-refractivity contribution in [2.24, 2.45) is 0 Å². The summed E-state index contributed by atoms with van der Waals surface area (Å²) >= 11 is 1.44. The molecule has 0 aliphatic carbocycles. The third-order valence-electron chi connectivity index (χ3n) is 2.07. The van der Waals surface area contributed by atoms with E-state index < -0.39 is 0 Å². The zero-order valence-corrected chi connectivity index (χ0v) is 9.95. The minimum Gasteiger partial charge on any atom is -0.397 e. The summed E-state index contributed by atoms with van der Waals surface area (Å²) in [6.07, 6.45) is 1.74. The van der Waals surface area contributed by atoms with Gasteiger partial charge in [0.1, 0.15) is 5.03 Å². The van der Waals surface area contributed by atoms with Gasteiger partial charge in [-0.1, -0.05) is 0 Å². The predicted octanol–water partition coefficient (Wildman–Crippen LogP) is 2.22. The molecule has 0 saturated carbocycles. The molecular formula is C11H12N4S. The average molecular weight is 232 g/mol. The van der Waals surface area contributed by atoms with Gasteiger partial charge in [-0.3, -0.25) is 0 Å². The van der Waals surface area contributed by atoms with Gasteiger partial charge in [0.05, 0.1) is 11.4 Å². The molecule has 2 aromatic rings. The van der Waals surface area contributed by atoms with Crippen LogP contribution in [0, 0.1) is 13.8 Å². The maximum absolute atomic E-state index is 5.70. The van der Waals surface area contributed by atoms with Crippen LogP contribution in [0.3, 0.4) is 0 Å². The molecule has 82 valence electrons. The Morgan fingerprint density at radius 3 is 2.62 bits per heavy atom. The second-order valence-electron chi connectivity index (χ2n) is 3.41. The number of anilines is 1.